The maximum Gasteiger partial charge on any atom is 0.411 e. The SMILES string of the molecule is Cc1cccc(C)c1CNCCOCC(F)(F)F. The number of hydrogen-bond acceptors (Lipinski definition) is 2. The van der Waals surface area contributed by atoms with Gasteiger partial charge < -0.3 is 10.1 Å². The van der Waals surface area contributed by atoms with Crippen LogP contribution in [0.25, 0.3) is 0 Å². The molecule has 0 unspecified atom stereocenters. The molecule has 0 aliphatic rings. The molecule has 0 bridgehead atoms. The smallest absolute Gasteiger partial charge is 0.371 e. The monoisotopic (exact) mass is 261 g/mol. The first-order valence-corrected chi connectivity index (χ1v) is 5.80. The molecule has 1 rings (SSSR count). The van der Waals surface area contributed by atoms with Gasteiger partial charge in [0.05, 0.1) is 6.61 Å². The molecule has 0 amide bonds. The molecule has 5 heteroatoms. The topological polar surface area (TPSA) is 21.3 Å². The first kappa shape index (κ1) is 15.0. The van der Waals surface area contributed by atoms with E-state index in [-0.39, 0.29) is 6.61 Å². The van der Waals surface area contributed by atoms with E-state index in [4.69, 9.17) is 0 Å². The molecule has 0 atom stereocenters. The van der Waals surface area contributed by atoms with Crippen molar-refractivity contribution in [1.29, 1.82) is 0 Å². The summed E-state index contributed by atoms with van der Waals surface area (Å²) in [5, 5.41) is 3.08. The Morgan fingerprint density at radius 1 is 1.17 bits per heavy atom. The van der Waals surface area contributed by atoms with E-state index in [1.165, 1.54) is 16.7 Å². The lowest BCUT2D eigenvalue weighted by molar-refractivity contribution is -0.173. The highest BCUT2D eigenvalue weighted by molar-refractivity contribution is 5.33. The quantitative estimate of drug-likeness (QED) is 0.795. The molecule has 1 aromatic rings. The zero-order valence-corrected chi connectivity index (χ0v) is 10.6. The van der Waals surface area contributed by atoms with Crippen LogP contribution in [-0.2, 0) is 11.3 Å². The van der Waals surface area contributed by atoms with Crippen molar-refractivity contribution in [3.05, 3.63) is 34.9 Å². The average Bonchev–Trinajstić information content (AvgIpc) is 2.25. The highest BCUT2D eigenvalue weighted by Gasteiger charge is 2.27. The Morgan fingerprint density at radius 3 is 2.33 bits per heavy atom. The Labute approximate surface area is 105 Å². The predicted octanol–water partition coefficient (Wildman–Crippen LogP) is 2.97. The lowest BCUT2D eigenvalue weighted by Crippen LogP contribution is -2.24. The van der Waals surface area contributed by atoms with Crippen LogP contribution < -0.4 is 5.32 Å². The summed E-state index contributed by atoms with van der Waals surface area (Å²) in [6.07, 6.45) is -4.24. The van der Waals surface area contributed by atoms with Crippen molar-refractivity contribution in [3.63, 3.8) is 0 Å². The summed E-state index contributed by atoms with van der Waals surface area (Å²) in [5.41, 5.74) is 3.55. The van der Waals surface area contributed by atoms with Gasteiger partial charge in [-0.1, -0.05) is 18.2 Å². The largest absolute Gasteiger partial charge is 0.411 e. The van der Waals surface area contributed by atoms with Gasteiger partial charge in [-0.2, -0.15) is 13.2 Å². The number of rotatable bonds is 6. The predicted molar refractivity (Wildman–Crippen MR) is 64.5 cm³/mol. The van der Waals surface area contributed by atoms with Gasteiger partial charge >= 0.3 is 6.18 Å². The molecule has 0 saturated heterocycles. The molecule has 2 nitrogen and oxygen atoms in total. The first-order valence-electron chi connectivity index (χ1n) is 5.80. The molecule has 0 aromatic heterocycles. The molecule has 0 spiro atoms. The minimum absolute atomic E-state index is 0.0600. The number of aryl methyl sites for hydroxylation is 2. The Balaban J connectivity index is 2.22. The summed E-state index contributed by atoms with van der Waals surface area (Å²) in [4.78, 5) is 0. The van der Waals surface area contributed by atoms with E-state index in [9.17, 15) is 13.2 Å². The summed E-state index contributed by atoms with van der Waals surface area (Å²) in [7, 11) is 0. The second-order valence-corrected chi connectivity index (χ2v) is 4.21. The van der Waals surface area contributed by atoms with E-state index in [2.05, 4.69) is 10.1 Å². The van der Waals surface area contributed by atoms with Gasteiger partial charge in [-0.25, -0.2) is 0 Å². The molecule has 0 fully saturated rings. The molecule has 0 radical (unpaired) electrons. The van der Waals surface area contributed by atoms with Crippen LogP contribution in [0.3, 0.4) is 0 Å². The van der Waals surface area contributed by atoms with Gasteiger partial charge in [0.15, 0.2) is 0 Å². The number of nitrogens with one attached hydrogen (secondary N) is 1. The second kappa shape index (κ2) is 6.75. The van der Waals surface area contributed by atoms with Crippen molar-refractivity contribution in [2.45, 2.75) is 26.6 Å². The summed E-state index contributed by atoms with van der Waals surface area (Å²) in [6, 6.07) is 6.02. The Kier molecular flexibility index (Phi) is 5.62. The number of alkyl halides is 3. The van der Waals surface area contributed by atoms with Crippen molar-refractivity contribution in [1.82, 2.24) is 5.32 Å². The van der Waals surface area contributed by atoms with Crippen LogP contribution in [0, 0.1) is 13.8 Å². The van der Waals surface area contributed by atoms with Crippen molar-refractivity contribution in [2.24, 2.45) is 0 Å². The number of ether oxygens (including phenoxy) is 1. The maximum absolute atomic E-state index is 11.8. The van der Waals surface area contributed by atoms with Crippen LogP contribution in [0.4, 0.5) is 13.2 Å². The fourth-order valence-corrected chi connectivity index (χ4v) is 1.67. The van der Waals surface area contributed by atoms with E-state index in [0.717, 1.165) is 0 Å². The number of benzene rings is 1. The van der Waals surface area contributed by atoms with E-state index < -0.39 is 12.8 Å². The third-order valence-electron chi connectivity index (χ3n) is 2.64. The van der Waals surface area contributed by atoms with Crippen LogP contribution in [0.5, 0.6) is 0 Å². The summed E-state index contributed by atoms with van der Waals surface area (Å²) in [6.45, 7) is 3.97. The standard InChI is InChI=1S/C13H18F3NO/c1-10-4-3-5-11(2)12(10)8-17-6-7-18-9-13(14,15)16/h3-5,17H,6-9H2,1-2H3. The molecule has 0 heterocycles. The molecule has 0 aliphatic carbocycles. The van der Waals surface area contributed by atoms with E-state index >= 15 is 0 Å². The van der Waals surface area contributed by atoms with Crippen LogP contribution in [-0.4, -0.2) is 25.9 Å². The van der Waals surface area contributed by atoms with Crippen molar-refractivity contribution >= 4 is 0 Å². The van der Waals surface area contributed by atoms with Gasteiger partial charge in [0.1, 0.15) is 6.61 Å². The first-order chi connectivity index (χ1) is 8.40. The van der Waals surface area contributed by atoms with Crippen LogP contribution in [0.2, 0.25) is 0 Å². The van der Waals surface area contributed by atoms with Gasteiger partial charge in [0.25, 0.3) is 0 Å². The number of halogens is 3. The fourth-order valence-electron chi connectivity index (χ4n) is 1.67. The minimum atomic E-state index is -4.24. The number of hydrogen-bond donors (Lipinski definition) is 1. The molecule has 18 heavy (non-hydrogen) atoms. The van der Waals surface area contributed by atoms with Gasteiger partial charge in [0, 0.05) is 13.1 Å². The summed E-state index contributed by atoms with van der Waals surface area (Å²) >= 11 is 0. The summed E-state index contributed by atoms with van der Waals surface area (Å²) < 4.78 is 39.9. The zero-order valence-electron chi connectivity index (χ0n) is 10.6. The third-order valence-corrected chi connectivity index (χ3v) is 2.64. The van der Waals surface area contributed by atoms with E-state index in [1.807, 2.05) is 32.0 Å². The van der Waals surface area contributed by atoms with Crippen molar-refractivity contribution < 1.29 is 17.9 Å². The molecule has 102 valence electrons. The highest BCUT2D eigenvalue weighted by Crippen LogP contribution is 2.14. The Morgan fingerprint density at radius 2 is 1.78 bits per heavy atom. The average molecular weight is 261 g/mol. The summed E-state index contributed by atoms with van der Waals surface area (Å²) in [5.74, 6) is 0. The Bertz CT molecular complexity index is 357. The van der Waals surface area contributed by atoms with Crippen LogP contribution in [0.15, 0.2) is 18.2 Å². The molecule has 1 aromatic carbocycles. The van der Waals surface area contributed by atoms with Crippen LogP contribution >= 0.6 is 0 Å². The lowest BCUT2D eigenvalue weighted by Gasteiger charge is -2.11. The third kappa shape index (κ3) is 5.51. The van der Waals surface area contributed by atoms with Gasteiger partial charge in [-0.05, 0) is 30.5 Å². The molecular formula is C13H18F3NO. The molecule has 1 N–H and O–H groups in total. The maximum atomic E-state index is 11.8. The van der Waals surface area contributed by atoms with Gasteiger partial charge in [-0.3, -0.25) is 0 Å². The zero-order chi connectivity index (χ0) is 13.6. The minimum Gasteiger partial charge on any atom is -0.371 e. The second-order valence-electron chi connectivity index (χ2n) is 4.21. The molecular weight excluding hydrogens is 243 g/mol. The van der Waals surface area contributed by atoms with Crippen LogP contribution in [0.1, 0.15) is 16.7 Å². The normalized spacial score (nSPS) is 11.8. The van der Waals surface area contributed by atoms with E-state index in [1.54, 1.807) is 0 Å². The van der Waals surface area contributed by atoms with E-state index in [0.29, 0.717) is 13.1 Å². The Hall–Kier alpha value is -1.07. The van der Waals surface area contributed by atoms with Crippen molar-refractivity contribution in [2.75, 3.05) is 19.8 Å². The molecule has 0 aliphatic heterocycles. The lowest BCUT2D eigenvalue weighted by atomic mass is 10.0. The van der Waals surface area contributed by atoms with Gasteiger partial charge in [-0.15, -0.1) is 0 Å². The van der Waals surface area contributed by atoms with Crippen molar-refractivity contribution in [3.8, 4) is 0 Å². The van der Waals surface area contributed by atoms with Gasteiger partial charge in [0.2, 0.25) is 0 Å². The molecule has 0 saturated carbocycles. The fraction of sp³-hybridized carbons (Fsp3) is 0.538. The highest BCUT2D eigenvalue weighted by atomic mass is 19.4.